The Labute approximate surface area is 140 Å². The number of nitrogens with zero attached hydrogens (tertiary/aromatic N) is 1. The first-order valence-electron chi connectivity index (χ1n) is 7.95. The highest BCUT2D eigenvalue weighted by atomic mass is 16.6. The van der Waals surface area contributed by atoms with E-state index in [1.165, 1.54) is 13.2 Å². The second kappa shape index (κ2) is 6.78. The molecule has 2 fully saturated rings. The third-order valence-corrected chi connectivity index (χ3v) is 4.54. The molecule has 2 aliphatic heterocycles. The number of carbonyl (C=O) groups is 2. The lowest BCUT2D eigenvalue weighted by Gasteiger charge is -2.40. The summed E-state index contributed by atoms with van der Waals surface area (Å²) in [5.41, 5.74) is 1.05. The summed E-state index contributed by atoms with van der Waals surface area (Å²) in [6.45, 7) is 3.92. The number of benzene rings is 1. The maximum Gasteiger partial charge on any atom is 0.339 e. The summed E-state index contributed by atoms with van der Waals surface area (Å²) in [4.78, 5) is 26.0. The molecule has 1 aromatic carbocycles. The number of piperidine rings is 1. The molecule has 1 aromatic rings. The van der Waals surface area contributed by atoms with Crippen LogP contribution in [0.2, 0.25) is 0 Å². The molecule has 2 heterocycles. The van der Waals surface area contributed by atoms with E-state index in [4.69, 9.17) is 14.2 Å². The monoisotopic (exact) mass is 335 g/mol. The number of carboxylic acid groups (broad SMARTS) is 1. The van der Waals surface area contributed by atoms with Crippen LogP contribution in [-0.4, -0.2) is 67.5 Å². The van der Waals surface area contributed by atoms with Crippen LogP contribution in [0.5, 0.6) is 5.75 Å². The number of fused-ring (bicyclic) bond motifs is 1. The Hall–Kier alpha value is -2.12. The van der Waals surface area contributed by atoms with Gasteiger partial charge in [0.05, 0.1) is 26.4 Å². The van der Waals surface area contributed by atoms with Crippen LogP contribution in [0, 0.1) is 6.92 Å². The summed E-state index contributed by atoms with van der Waals surface area (Å²) in [6, 6.07) is 2.98. The van der Waals surface area contributed by atoms with E-state index < -0.39 is 5.97 Å². The van der Waals surface area contributed by atoms with E-state index in [1.807, 2.05) is 0 Å². The van der Waals surface area contributed by atoms with Gasteiger partial charge in [-0.2, -0.15) is 0 Å². The molecule has 0 unspecified atom stereocenters. The van der Waals surface area contributed by atoms with E-state index in [2.05, 4.69) is 0 Å². The number of likely N-dealkylation sites (tertiary alicyclic amines) is 1. The average molecular weight is 335 g/mol. The summed E-state index contributed by atoms with van der Waals surface area (Å²) in [6.07, 6.45) is 0.639. The first kappa shape index (κ1) is 16.7. The Morgan fingerprint density at radius 1 is 1.21 bits per heavy atom. The lowest BCUT2D eigenvalue weighted by Crippen LogP contribution is -2.53. The summed E-state index contributed by atoms with van der Waals surface area (Å²) >= 11 is 0. The number of aryl methyl sites for hydroxylation is 1. The van der Waals surface area contributed by atoms with Crippen LogP contribution in [0.4, 0.5) is 0 Å². The fraction of sp³-hybridized carbons (Fsp3) is 0.529. The molecule has 7 nitrogen and oxygen atoms in total. The van der Waals surface area contributed by atoms with Gasteiger partial charge in [-0.3, -0.25) is 4.79 Å². The highest BCUT2D eigenvalue weighted by molar-refractivity contribution is 6.00. The predicted octanol–water partition coefficient (Wildman–Crippen LogP) is 1.33. The van der Waals surface area contributed by atoms with Crippen molar-refractivity contribution in [2.24, 2.45) is 0 Å². The molecule has 2 atom stereocenters. The van der Waals surface area contributed by atoms with Gasteiger partial charge in [-0.25, -0.2) is 4.79 Å². The first-order chi connectivity index (χ1) is 11.5. The van der Waals surface area contributed by atoms with Crippen LogP contribution in [0.1, 0.15) is 32.7 Å². The first-order valence-corrected chi connectivity index (χ1v) is 7.95. The highest BCUT2D eigenvalue weighted by Crippen LogP contribution is 2.27. The topological polar surface area (TPSA) is 85.3 Å². The Bertz CT molecular complexity index is 659. The van der Waals surface area contributed by atoms with Crippen LogP contribution in [-0.2, 0) is 9.47 Å². The molecule has 0 radical (unpaired) electrons. The van der Waals surface area contributed by atoms with Gasteiger partial charge in [0.15, 0.2) is 0 Å². The standard InChI is InChI=1S/C17H21NO6/c1-10-7-14(22-2)12(17(20)21)8-11(10)16(19)18-4-3-13-15(9-18)24-6-5-23-13/h7-8,13,15H,3-6,9H2,1-2H3,(H,20,21)/t13-,15-/m0/s1. The number of aromatic carboxylic acids is 1. The molecular weight excluding hydrogens is 314 g/mol. The van der Waals surface area contributed by atoms with Crippen molar-refractivity contribution in [1.82, 2.24) is 4.90 Å². The smallest absolute Gasteiger partial charge is 0.339 e. The number of amides is 1. The molecule has 1 N–H and O–H groups in total. The molecule has 0 aliphatic carbocycles. The Balaban J connectivity index is 1.84. The van der Waals surface area contributed by atoms with Crippen LogP contribution in [0.15, 0.2) is 12.1 Å². The summed E-state index contributed by atoms with van der Waals surface area (Å²) in [5, 5.41) is 9.32. The molecular formula is C17H21NO6. The van der Waals surface area contributed by atoms with Gasteiger partial charge >= 0.3 is 5.97 Å². The molecule has 0 bridgehead atoms. The number of carbonyl (C=O) groups excluding carboxylic acids is 1. The number of hydrogen-bond donors (Lipinski definition) is 1. The highest BCUT2D eigenvalue weighted by Gasteiger charge is 2.35. The zero-order valence-electron chi connectivity index (χ0n) is 13.8. The normalized spacial score (nSPS) is 23.5. The van der Waals surface area contributed by atoms with Crippen molar-refractivity contribution >= 4 is 11.9 Å². The fourth-order valence-corrected chi connectivity index (χ4v) is 3.25. The van der Waals surface area contributed by atoms with E-state index in [0.717, 1.165) is 6.42 Å². The van der Waals surface area contributed by atoms with E-state index in [-0.39, 0.29) is 29.4 Å². The average Bonchev–Trinajstić information content (AvgIpc) is 2.60. The molecule has 7 heteroatoms. The zero-order chi connectivity index (χ0) is 17.3. The van der Waals surface area contributed by atoms with E-state index in [1.54, 1.807) is 17.9 Å². The molecule has 130 valence electrons. The largest absolute Gasteiger partial charge is 0.496 e. The number of ether oxygens (including phenoxy) is 3. The minimum Gasteiger partial charge on any atom is -0.496 e. The fourth-order valence-electron chi connectivity index (χ4n) is 3.25. The zero-order valence-corrected chi connectivity index (χ0v) is 13.8. The number of carboxylic acids is 1. The molecule has 0 saturated carbocycles. The summed E-state index contributed by atoms with van der Waals surface area (Å²) in [5.74, 6) is -1.06. The van der Waals surface area contributed by atoms with Gasteiger partial charge in [0, 0.05) is 18.7 Å². The van der Waals surface area contributed by atoms with Gasteiger partial charge in [0.2, 0.25) is 0 Å². The Morgan fingerprint density at radius 3 is 2.58 bits per heavy atom. The van der Waals surface area contributed by atoms with Gasteiger partial charge in [-0.1, -0.05) is 0 Å². The van der Waals surface area contributed by atoms with E-state index in [0.29, 0.717) is 37.4 Å². The predicted molar refractivity (Wildman–Crippen MR) is 84.7 cm³/mol. The molecule has 3 rings (SSSR count). The third-order valence-electron chi connectivity index (χ3n) is 4.54. The van der Waals surface area contributed by atoms with Crippen molar-refractivity contribution in [3.63, 3.8) is 0 Å². The van der Waals surface area contributed by atoms with Gasteiger partial charge in [-0.15, -0.1) is 0 Å². The lowest BCUT2D eigenvalue weighted by molar-refractivity contribution is -0.160. The second-order valence-electron chi connectivity index (χ2n) is 6.03. The van der Waals surface area contributed by atoms with Gasteiger partial charge in [0.25, 0.3) is 5.91 Å². The van der Waals surface area contributed by atoms with E-state index >= 15 is 0 Å². The second-order valence-corrected chi connectivity index (χ2v) is 6.03. The van der Waals surface area contributed by atoms with Crippen LogP contribution in [0.3, 0.4) is 0 Å². The summed E-state index contributed by atoms with van der Waals surface area (Å²) in [7, 11) is 1.41. The minimum absolute atomic E-state index is 0.0152. The van der Waals surface area contributed by atoms with Crippen LogP contribution < -0.4 is 4.74 Å². The van der Waals surface area contributed by atoms with Crippen LogP contribution >= 0.6 is 0 Å². The van der Waals surface area contributed by atoms with Crippen molar-refractivity contribution in [3.05, 3.63) is 28.8 Å². The van der Waals surface area contributed by atoms with Gasteiger partial charge < -0.3 is 24.2 Å². The van der Waals surface area contributed by atoms with Crippen molar-refractivity contribution < 1.29 is 28.9 Å². The van der Waals surface area contributed by atoms with Crippen molar-refractivity contribution in [2.75, 3.05) is 33.4 Å². The third kappa shape index (κ3) is 3.09. The maximum absolute atomic E-state index is 12.9. The van der Waals surface area contributed by atoms with Gasteiger partial charge in [-0.05, 0) is 31.0 Å². The molecule has 2 aliphatic rings. The molecule has 24 heavy (non-hydrogen) atoms. The Morgan fingerprint density at radius 2 is 1.92 bits per heavy atom. The van der Waals surface area contributed by atoms with Crippen molar-refractivity contribution in [3.8, 4) is 5.75 Å². The molecule has 0 aromatic heterocycles. The SMILES string of the molecule is COc1cc(C)c(C(=O)N2CC[C@@H]3OCCO[C@H]3C2)cc1C(=O)O. The number of hydrogen-bond acceptors (Lipinski definition) is 5. The quantitative estimate of drug-likeness (QED) is 0.897. The summed E-state index contributed by atoms with van der Waals surface area (Å²) < 4.78 is 16.5. The van der Waals surface area contributed by atoms with Crippen LogP contribution in [0.25, 0.3) is 0 Å². The number of methoxy groups -OCH3 is 1. The number of rotatable bonds is 3. The lowest BCUT2D eigenvalue weighted by atomic mass is 9.99. The molecule has 2 saturated heterocycles. The molecule has 0 spiro atoms. The van der Waals surface area contributed by atoms with Crippen molar-refractivity contribution in [2.45, 2.75) is 25.6 Å². The minimum atomic E-state index is -1.12. The van der Waals surface area contributed by atoms with Gasteiger partial charge in [0.1, 0.15) is 17.4 Å². The van der Waals surface area contributed by atoms with E-state index in [9.17, 15) is 14.7 Å². The van der Waals surface area contributed by atoms with Crippen molar-refractivity contribution in [1.29, 1.82) is 0 Å². The molecule has 1 amide bonds. The maximum atomic E-state index is 12.9. The Kier molecular flexibility index (Phi) is 4.73.